The van der Waals surface area contributed by atoms with Crippen molar-refractivity contribution >= 4 is 16.8 Å². The van der Waals surface area contributed by atoms with Crippen molar-refractivity contribution < 1.29 is 19.0 Å². The number of hydrogen-bond donors (Lipinski definition) is 1. The minimum atomic E-state index is -0.480. The SMILES string of the molecule is COc1ccc(Cc2nc3ccccc3c(=O)n2NC(=O)COc2ccccc2)cc1OC. The molecular formula is C25H23N3O5. The zero-order valence-electron chi connectivity index (χ0n) is 18.3. The molecule has 0 aliphatic carbocycles. The van der Waals surface area contributed by atoms with Crippen LogP contribution in [0.15, 0.2) is 77.6 Å². The van der Waals surface area contributed by atoms with Crippen molar-refractivity contribution in [2.24, 2.45) is 0 Å². The third kappa shape index (κ3) is 4.95. The summed E-state index contributed by atoms with van der Waals surface area (Å²) in [5, 5.41) is 0.401. The number of rotatable bonds is 8. The molecule has 0 radical (unpaired) electrons. The number of nitrogens with zero attached hydrogens (tertiary/aromatic N) is 2. The van der Waals surface area contributed by atoms with E-state index in [9.17, 15) is 9.59 Å². The lowest BCUT2D eigenvalue weighted by atomic mass is 10.1. The van der Waals surface area contributed by atoms with Gasteiger partial charge in [0.2, 0.25) is 0 Å². The maximum atomic E-state index is 13.2. The van der Waals surface area contributed by atoms with Crippen LogP contribution in [0.1, 0.15) is 11.4 Å². The number of carbonyl (C=O) groups excluding carboxylic acids is 1. The van der Waals surface area contributed by atoms with Gasteiger partial charge in [-0.2, -0.15) is 0 Å². The molecule has 4 aromatic rings. The molecule has 8 nitrogen and oxygen atoms in total. The summed E-state index contributed by atoms with van der Waals surface area (Å²) in [5.74, 6) is 1.61. The lowest BCUT2D eigenvalue weighted by Crippen LogP contribution is -2.38. The molecule has 1 aromatic heterocycles. The Bertz CT molecular complexity index is 1340. The number of aromatic nitrogens is 2. The van der Waals surface area contributed by atoms with Gasteiger partial charge in [-0.25, -0.2) is 9.66 Å². The first-order valence-electron chi connectivity index (χ1n) is 10.3. The number of nitrogens with one attached hydrogen (secondary N) is 1. The van der Waals surface area contributed by atoms with Crippen LogP contribution in [0, 0.1) is 0 Å². The molecule has 33 heavy (non-hydrogen) atoms. The van der Waals surface area contributed by atoms with Crippen LogP contribution in [0.2, 0.25) is 0 Å². The van der Waals surface area contributed by atoms with Crippen LogP contribution in [0.5, 0.6) is 17.2 Å². The normalized spacial score (nSPS) is 10.6. The van der Waals surface area contributed by atoms with E-state index in [4.69, 9.17) is 14.2 Å². The Morgan fingerprint density at radius 1 is 0.939 bits per heavy atom. The number of fused-ring (bicyclic) bond motifs is 1. The Balaban J connectivity index is 1.66. The molecule has 8 heteroatoms. The average molecular weight is 445 g/mol. The van der Waals surface area contributed by atoms with E-state index in [0.717, 1.165) is 5.56 Å². The number of hydrogen-bond acceptors (Lipinski definition) is 6. The standard InChI is InChI=1S/C25H23N3O5/c1-31-21-13-12-17(14-22(21)32-2)15-23-26-20-11-7-6-10-19(20)25(30)28(23)27-24(29)16-33-18-8-4-3-5-9-18/h3-14H,15-16H2,1-2H3,(H,27,29). The molecule has 1 N–H and O–H groups in total. The molecule has 168 valence electrons. The average Bonchev–Trinajstić information content (AvgIpc) is 2.85. The lowest BCUT2D eigenvalue weighted by Gasteiger charge is -2.15. The predicted octanol–water partition coefficient (Wildman–Crippen LogP) is 3.15. The topological polar surface area (TPSA) is 91.7 Å². The minimum absolute atomic E-state index is 0.251. The quantitative estimate of drug-likeness (QED) is 0.448. The van der Waals surface area contributed by atoms with E-state index in [2.05, 4.69) is 10.4 Å². The van der Waals surface area contributed by atoms with Crippen LogP contribution >= 0.6 is 0 Å². The Labute approximate surface area is 190 Å². The molecule has 0 spiro atoms. The second-order valence-electron chi connectivity index (χ2n) is 7.19. The van der Waals surface area contributed by atoms with Gasteiger partial charge < -0.3 is 14.2 Å². The van der Waals surface area contributed by atoms with Crippen LogP contribution < -0.4 is 25.2 Å². The predicted molar refractivity (Wildman–Crippen MR) is 125 cm³/mol. The summed E-state index contributed by atoms with van der Waals surface area (Å²) in [5.41, 5.74) is 3.64. The summed E-state index contributed by atoms with van der Waals surface area (Å²) in [4.78, 5) is 30.4. The van der Waals surface area contributed by atoms with Gasteiger partial charge in [-0.3, -0.25) is 15.0 Å². The van der Waals surface area contributed by atoms with Gasteiger partial charge in [0.25, 0.3) is 11.5 Å². The molecule has 4 rings (SSSR count). The van der Waals surface area contributed by atoms with E-state index in [1.54, 1.807) is 50.6 Å². The first-order valence-corrected chi connectivity index (χ1v) is 10.3. The largest absolute Gasteiger partial charge is 0.493 e. The van der Waals surface area contributed by atoms with Gasteiger partial charge in [0.15, 0.2) is 18.1 Å². The second-order valence-corrected chi connectivity index (χ2v) is 7.19. The molecule has 0 saturated carbocycles. The van der Waals surface area contributed by atoms with Crippen molar-refractivity contribution in [3.8, 4) is 17.2 Å². The Hall–Kier alpha value is -4.33. The highest BCUT2D eigenvalue weighted by Gasteiger charge is 2.15. The minimum Gasteiger partial charge on any atom is -0.493 e. The summed E-state index contributed by atoms with van der Waals surface area (Å²) in [7, 11) is 3.12. The Kier molecular flexibility index (Phi) is 6.54. The molecule has 1 amide bonds. The third-order valence-electron chi connectivity index (χ3n) is 5.00. The Morgan fingerprint density at radius 2 is 1.67 bits per heavy atom. The van der Waals surface area contributed by atoms with E-state index in [1.165, 1.54) is 4.68 Å². The van der Waals surface area contributed by atoms with Gasteiger partial charge in [-0.1, -0.05) is 36.4 Å². The highest BCUT2D eigenvalue weighted by Crippen LogP contribution is 2.28. The number of methoxy groups -OCH3 is 2. The van der Waals surface area contributed by atoms with E-state index in [1.807, 2.05) is 36.4 Å². The van der Waals surface area contributed by atoms with Crippen molar-refractivity contribution in [1.29, 1.82) is 0 Å². The molecular weight excluding hydrogens is 422 g/mol. The molecule has 0 fully saturated rings. The molecule has 0 saturated heterocycles. The summed E-state index contributed by atoms with van der Waals surface area (Å²) < 4.78 is 17.3. The highest BCUT2D eigenvalue weighted by atomic mass is 16.5. The number of para-hydroxylation sites is 2. The van der Waals surface area contributed by atoms with Gasteiger partial charge in [0, 0.05) is 6.42 Å². The molecule has 0 unspecified atom stereocenters. The molecule has 3 aromatic carbocycles. The zero-order chi connectivity index (χ0) is 23.2. The molecule has 0 aliphatic heterocycles. The van der Waals surface area contributed by atoms with Crippen molar-refractivity contribution in [3.63, 3.8) is 0 Å². The molecule has 0 aliphatic rings. The van der Waals surface area contributed by atoms with Crippen LogP contribution in [0.3, 0.4) is 0 Å². The van der Waals surface area contributed by atoms with E-state index < -0.39 is 5.91 Å². The maximum absolute atomic E-state index is 13.2. The first-order chi connectivity index (χ1) is 16.1. The number of amides is 1. The van der Waals surface area contributed by atoms with Crippen LogP contribution in [-0.2, 0) is 11.2 Å². The highest BCUT2D eigenvalue weighted by molar-refractivity contribution is 5.86. The zero-order valence-corrected chi connectivity index (χ0v) is 18.3. The van der Waals surface area contributed by atoms with Gasteiger partial charge in [-0.15, -0.1) is 0 Å². The number of carbonyl (C=O) groups is 1. The van der Waals surface area contributed by atoms with Crippen molar-refractivity contribution in [2.45, 2.75) is 6.42 Å². The van der Waals surface area contributed by atoms with Gasteiger partial charge in [0.1, 0.15) is 11.6 Å². The molecule has 1 heterocycles. The summed E-state index contributed by atoms with van der Waals surface area (Å²) >= 11 is 0. The van der Waals surface area contributed by atoms with Gasteiger partial charge in [-0.05, 0) is 42.0 Å². The monoisotopic (exact) mass is 445 g/mol. The van der Waals surface area contributed by atoms with Crippen molar-refractivity contribution in [2.75, 3.05) is 26.3 Å². The van der Waals surface area contributed by atoms with Crippen LogP contribution in [0.4, 0.5) is 0 Å². The molecule has 0 bridgehead atoms. The molecule has 0 atom stereocenters. The van der Waals surface area contributed by atoms with E-state index in [0.29, 0.717) is 34.0 Å². The fourth-order valence-electron chi connectivity index (χ4n) is 3.41. The number of ether oxygens (including phenoxy) is 3. The summed E-state index contributed by atoms with van der Waals surface area (Å²) in [6.07, 6.45) is 0.278. The van der Waals surface area contributed by atoms with E-state index in [-0.39, 0.29) is 18.6 Å². The second kappa shape index (κ2) is 9.86. The van der Waals surface area contributed by atoms with Crippen molar-refractivity contribution in [1.82, 2.24) is 9.66 Å². The maximum Gasteiger partial charge on any atom is 0.280 e. The fraction of sp³-hybridized carbons (Fsp3) is 0.160. The Morgan fingerprint density at radius 3 is 2.42 bits per heavy atom. The van der Waals surface area contributed by atoms with Crippen LogP contribution in [-0.4, -0.2) is 36.4 Å². The van der Waals surface area contributed by atoms with Crippen LogP contribution in [0.25, 0.3) is 10.9 Å². The smallest absolute Gasteiger partial charge is 0.280 e. The lowest BCUT2D eigenvalue weighted by molar-refractivity contribution is -0.119. The number of benzene rings is 3. The van der Waals surface area contributed by atoms with Gasteiger partial charge >= 0.3 is 0 Å². The third-order valence-corrected chi connectivity index (χ3v) is 5.00. The fourth-order valence-corrected chi connectivity index (χ4v) is 3.41. The summed E-state index contributed by atoms with van der Waals surface area (Å²) in [6, 6.07) is 21.4. The van der Waals surface area contributed by atoms with Gasteiger partial charge in [0.05, 0.1) is 25.1 Å². The van der Waals surface area contributed by atoms with Crippen molar-refractivity contribution in [3.05, 3.63) is 94.5 Å². The van der Waals surface area contributed by atoms with E-state index >= 15 is 0 Å². The summed E-state index contributed by atoms with van der Waals surface area (Å²) in [6.45, 7) is -0.251. The first kappa shape index (κ1) is 21.9.